The average molecular weight is 253 g/mol. The summed E-state index contributed by atoms with van der Waals surface area (Å²) in [6.45, 7) is 7.82. The van der Waals surface area contributed by atoms with Crippen molar-refractivity contribution in [3.05, 3.63) is 23.3 Å². The zero-order valence-electron chi connectivity index (χ0n) is 11.8. The van der Waals surface area contributed by atoms with Gasteiger partial charge >= 0.3 is 0 Å². The Balaban J connectivity index is 4.94. The Bertz CT molecular complexity index is 361. The maximum atomic E-state index is 13.4. The average Bonchev–Trinajstić information content (AvgIpc) is 2.31. The number of hydrogen-bond donors (Lipinski definition) is 1. The van der Waals surface area contributed by atoms with E-state index in [-0.39, 0.29) is 5.84 Å². The molecule has 0 aliphatic heterocycles. The number of amidine groups is 1. The molecule has 4 heteroatoms. The van der Waals surface area contributed by atoms with Crippen LogP contribution < -0.4 is 5.73 Å². The molecule has 0 aliphatic carbocycles. The SMILES string of the molecule is CCC/C=N\C(=C(C)C)/C(N)=N\C(F)=C\CCC. The zero-order chi connectivity index (χ0) is 14.0. The molecule has 0 saturated heterocycles. The standard InChI is InChI=1S/C14H24FN3/c1-5-7-9-12(15)18-14(16)13(11(3)4)17-10-8-6-2/h9-10H,5-8H2,1-4H3,(H2,16,18)/b12-9+,17-10-. The number of nitrogens with two attached hydrogens (primary N) is 1. The molecule has 102 valence electrons. The van der Waals surface area contributed by atoms with Crippen molar-refractivity contribution < 1.29 is 4.39 Å². The molecule has 0 atom stereocenters. The van der Waals surface area contributed by atoms with E-state index in [0.717, 1.165) is 24.8 Å². The fraction of sp³-hybridized carbons (Fsp3) is 0.571. The largest absolute Gasteiger partial charge is 0.382 e. The second-order valence-corrected chi connectivity index (χ2v) is 4.26. The van der Waals surface area contributed by atoms with E-state index in [1.165, 1.54) is 6.08 Å². The van der Waals surface area contributed by atoms with Gasteiger partial charge in [-0.05, 0) is 38.3 Å². The molecule has 0 spiro atoms. The van der Waals surface area contributed by atoms with Gasteiger partial charge in [-0.1, -0.05) is 26.7 Å². The van der Waals surface area contributed by atoms with Gasteiger partial charge in [0, 0.05) is 6.21 Å². The van der Waals surface area contributed by atoms with Crippen LogP contribution in [-0.4, -0.2) is 12.1 Å². The van der Waals surface area contributed by atoms with E-state index >= 15 is 0 Å². The van der Waals surface area contributed by atoms with Crippen molar-refractivity contribution in [1.82, 2.24) is 0 Å². The first-order chi connectivity index (χ1) is 8.52. The Labute approximate surface area is 109 Å². The molecule has 0 unspecified atom stereocenters. The van der Waals surface area contributed by atoms with Crippen molar-refractivity contribution in [1.29, 1.82) is 0 Å². The predicted octanol–water partition coefficient (Wildman–Crippen LogP) is 4.12. The van der Waals surface area contributed by atoms with Gasteiger partial charge in [-0.2, -0.15) is 4.39 Å². The topological polar surface area (TPSA) is 50.7 Å². The van der Waals surface area contributed by atoms with Crippen LogP contribution in [0.3, 0.4) is 0 Å². The highest BCUT2D eigenvalue weighted by atomic mass is 19.1. The third-order valence-corrected chi connectivity index (χ3v) is 2.18. The first-order valence-corrected chi connectivity index (χ1v) is 6.43. The Kier molecular flexibility index (Phi) is 8.80. The van der Waals surface area contributed by atoms with E-state index in [1.54, 1.807) is 6.21 Å². The minimum Gasteiger partial charge on any atom is -0.382 e. The molecule has 0 aromatic rings. The monoisotopic (exact) mass is 253 g/mol. The molecule has 2 N–H and O–H groups in total. The van der Waals surface area contributed by atoms with Gasteiger partial charge in [0.1, 0.15) is 5.70 Å². The van der Waals surface area contributed by atoms with Crippen molar-refractivity contribution in [3.63, 3.8) is 0 Å². The summed E-state index contributed by atoms with van der Waals surface area (Å²) in [4.78, 5) is 7.98. The van der Waals surface area contributed by atoms with Crippen molar-refractivity contribution >= 4 is 12.1 Å². The summed E-state index contributed by atoms with van der Waals surface area (Å²) >= 11 is 0. The minimum atomic E-state index is -0.543. The minimum absolute atomic E-state index is 0.132. The van der Waals surface area contributed by atoms with E-state index in [4.69, 9.17) is 5.73 Å². The van der Waals surface area contributed by atoms with Crippen LogP contribution in [0.25, 0.3) is 0 Å². The molecular weight excluding hydrogens is 229 g/mol. The normalized spacial score (nSPS) is 13.2. The molecule has 0 radical (unpaired) electrons. The number of aliphatic imine (C=N–C) groups is 2. The van der Waals surface area contributed by atoms with E-state index in [9.17, 15) is 4.39 Å². The smallest absolute Gasteiger partial charge is 0.210 e. The third kappa shape index (κ3) is 6.99. The molecule has 3 nitrogen and oxygen atoms in total. The summed E-state index contributed by atoms with van der Waals surface area (Å²) in [7, 11) is 0. The lowest BCUT2D eigenvalue weighted by atomic mass is 10.2. The summed E-state index contributed by atoms with van der Waals surface area (Å²) in [5.41, 5.74) is 7.25. The lowest BCUT2D eigenvalue weighted by Gasteiger charge is -2.03. The molecule has 0 bridgehead atoms. The Morgan fingerprint density at radius 1 is 1.17 bits per heavy atom. The number of hydrogen-bond acceptors (Lipinski definition) is 2. The molecule has 0 aromatic carbocycles. The summed E-state index contributed by atoms with van der Waals surface area (Å²) in [5.74, 6) is -0.411. The summed E-state index contributed by atoms with van der Waals surface area (Å²) < 4.78 is 13.4. The van der Waals surface area contributed by atoms with Crippen LogP contribution in [0.4, 0.5) is 4.39 Å². The van der Waals surface area contributed by atoms with Crippen molar-refractivity contribution in [3.8, 4) is 0 Å². The maximum Gasteiger partial charge on any atom is 0.210 e. The van der Waals surface area contributed by atoms with E-state index in [2.05, 4.69) is 16.9 Å². The maximum absolute atomic E-state index is 13.4. The number of halogens is 1. The predicted molar refractivity (Wildman–Crippen MR) is 77.5 cm³/mol. The fourth-order valence-corrected chi connectivity index (χ4v) is 1.21. The highest BCUT2D eigenvalue weighted by Gasteiger charge is 2.04. The Morgan fingerprint density at radius 3 is 2.28 bits per heavy atom. The fourth-order valence-electron chi connectivity index (χ4n) is 1.21. The molecule has 0 amide bonds. The zero-order valence-corrected chi connectivity index (χ0v) is 11.8. The molecule has 0 aliphatic rings. The highest BCUT2D eigenvalue weighted by Crippen LogP contribution is 2.09. The molecule has 0 heterocycles. The second-order valence-electron chi connectivity index (χ2n) is 4.26. The van der Waals surface area contributed by atoms with Gasteiger partial charge in [-0.15, -0.1) is 0 Å². The quantitative estimate of drug-likeness (QED) is 0.414. The molecule has 0 aromatic heterocycles. The van der Waals surface area contributed by atoms with Gasteiger partial charge in [0.25, 0.3) is 0 Å². The van der Waals surface area contributed by atoms with Gasteiger partial charge in [-0.25, -0.2) is 4.99 Å². The number of unbranched alkanes of at least 4 members (excludes halogenated alkanes) is 2. The lowest BCUT2D eigenvalue weighted by molar-refractivity contribution is 0.619. The lowest BCUT2D eigenvalue weighted by Crippen LogP contribution is -2.15. The van der Waals surface area contributed by atoms with Crippen molar-refractivity contribution in [2.45, 2.75) is 53.4 Å². The number of allylic oxidation sites excluding steroid dienone is 2. The molecular formula is C14H24FN3. The summed E-state index contributed by atoms with van der Waals surface area (Å²) in [6.07, 6.45) is 6.65. The van der Waals surface area contributed by atoms with E-state index < -0.39 is 5.95 Å². The van der Waals surface area contributed by atoms with Gasteiger partial charge < -0.3 is 5.73 Å². The van der Waals surface area contributed by atoms with E-state index in [1.807, 2.05) is 20.8 Å². The van der Waals surface area contributed by atoms with Crippen LogP contribution in [0.15, 0.2) is 33.3 Å². The number of nitrogens with zero attached hydrogens (tertiary/aromatic N) is 2. The second kappa shape index (κ2) is 9.57. The van der Waals surface area contributed by atoms with Crippen LogP contribution in [0.2, 0.25) is 0 Å². The third-order valence-electron chi connectivity index (χ3n) is 2.18. The molecule has 18 heavy (non-hydrogen) atoms. The highest BCUT2D eigenvalue weighted by molar-refractivity contribution is 5.98. The van der Waals surface area contributed by atoms with Crippen LogP contribution in [0.1, 0.15) is 53.4 Å². The van der Waals surface area contributed by atoms with Gasteiger partial charge in [-0.3, -0.25) is 4.99 Å². The first kappa shape index (κ1) is 16.6. The van der Waals surface area contributed by atoms with Gasteiger partial charge in [0.05, 0.1) is 0 Å². The summed E-state index contributed by atoms with van der Waals surface area (Å²) in [6, 6.07) is 0. The van der Waals surface area contributed by atoms with Gasteiger partial charge in [0.2, 0.25) is 5.95 Å². The van der Waals surface area contributed by atoms with Crippen LogP contribution in [0, 0.1) is 0 Å². The summed E-state index contributed by atoms with van der Waals surface area (Å²) in [5, 5.41) is 0. The van der Waals surface area contributed by atoms with Crippen molar-refractivity contribution in [2.75, 3.05) is 0 Å². The van der Waals surface area contributed by atoms with Crippen LogP contribution in [0.5, 0.6) is 0 Å². The first-order valence-electron chi connectivity index (χ1n) is 6.43. The molecule has 0 fully saturated rings. The van der Waals surface area contributed by atoms with Crippen molar-refractivity contribution in [2.24, 2.45) is 15.7 Å². The Hall–Kier alpha value is -1.45. The van der Waals surface area contributed by atoms with Crippen LogP contribution in [-0.2, 0) is 0 Å². The Morgan fingerprint density at radius 2 is 1.78 bits per heavy atom. The van der Waals surface area contributed by atoms with Crippen LogP contribution >= 0.6 is 0 Å². The number of rotatable bonds is 7. The van der Waals surface area contributed by atoms with E-state index in [0.29, 0.717) is 12.1 Å². The van der Waals surface area contributed by atoms with Gasteiger partial charge in [0.15, 0.2) is 5.84 Å². The molecule has 0 rings (SSSR count). The molecule has 0 saturated carbocycles.